The lowest BCUT2D eigenvalue weighted by Gasteiger charge is -2.27. The maximum absolute atomic E-state index is 13.3. The monoisotopic (exact) mass is 487 g/mol. The molecule has 0 unspecified atom stereocenters. The molecule has 8 nitrogen and oxygen atoms in total. The molecule has 0 radical (unpaired) electrons. The molecule has 0 spiro atoms. The quantitative estimate of drug-likeness (QED) is 0.432. The molecule has 33 heavy (non-hydrogen) atoms. The molecule has 0 atom stereocenters. The molecule has 1 aliphatic rings. The zero-order chi connectivity index (χ0) is 23.3. The summed E-state index contributed by atoms with van der Waals surface area (Å²) in [4.78, 5) is 0.142. The molecular weight excluding hydrogens is 469 g/mol. The van der Waals surface area contributed by atoms with Gasteiger partial charge in [0, 0.05) is 48.4 Å². The zero-order valence-electron chi connectivity index (χ0n) is 17.8. The summed E-state index contributed by atoms with van der Waals surface area (Å²) in [6.45, 7) is 2.24. The molecule has 5 rings (SSSR count). The van der Waals surface area contributed by atoms with Gasteiger partial charge in [-0.05, 0) is 48.9 Å². The van der Waals surface area contributed by atoms with Crippen LogP contribution in [-0.4, -0.2) is 39.2 Å². The Hall–Kier alpha value is -3.08. The lowest BCUT2D eigenvalue weighted by molar-refractivity contribution is 0.386. The fourth-order valence-electron chi connectivity index (χ4n) is 3.86. The van der Waals surface area contributed by atoms with Crippen LogP contribution < -0.4 is 0 Å². The Bertz CT molecular complexity index is 1460. The van der Waals surface area contributed by atoms with Gasteiger partial charge in [0.1, 0.15) is 5.82 Å². The highest BCUT2D eigenvalue weighted by molar-refractivity contribution is 7.89. The van der Waals surface area contributed by atoms with Gasteiger partial charge in [0.2, 0.25) is 15.9 Å². The van der Waals surface area contributed by atoms with Gasteiger partial charge in [0.25, 0.3) is 5.89 Å². The van der Waals surface area contributed by atoms with Gasteiger partial charge < -0.3 is 4.42 Å². The van der Waals surface area contributed by atoms with E-state index in [0.717, 1.165) is 11.3 Å². The van der Waals surface area contributed by atoms with Crippen molar-refractivity contribution < 1.29 is 17.2 Å². The van der Waals surface area contributed by atoms with Crippen LogP contribution in [0.3, 0.4) is 0 Å². The first-order valence-electron chi connectivity index (χ1n) is 10.1. The van der Waals surface area contributed by atoms with Crippen molar-refractivity contribution in [2.24, 2.45) is 7.05 Å². The van der Waals surface area contributed by atoms with Crippen molar-refractivity contribution in [2.75, 3.05) is 6.54 Å². The minimum atomic E-state index is -3.77. The smallest absolute Gasteiger partial charge is 0.268 e. The molecule has 11 heteroatoms. The summed E-state index contributed by atoms with van der Waals surface area (Å²) in [5.41, 5.74) is 3.41. The van der Waals surface area contributed by atoms with Crippen molar-refractivity contribution in [1.82, 2.24) is 24.3 Å². The molecule has 3 heterocycles. The number of sulfonamides is 1. The Labute approximate surface area is 194 Å². The molecular formula is C22H19ClFN5O3S. The SMILES string of the molecule is Cc1ccc(S(=O)(=O)N2CCc3c(c(-c4nnc(-c5ccc(F)cc5)o4)nn3C)C2)cc1Cl. The van der Waals surface area contributed by atoms with E-state index in [-0.39, 0.29) is 29.0 Å². The van der Waals surface area contributed by atoms with E-state index in [9.17, 15) is 12.8 Å². The lowest BCUT2D eigenvalue weighted by Crippen LogP contribution is -2.36. The fraction of sp³-hybridized carbons (Fsp3) is 0.227. The number of aryl methyl sites for hydroxylation is 2. The van der Waals surface area contributed by atoms with E-state index >= 15 is 0 Å². The highest BCUT2D eigenvalue weighted by Crippen LogP contribution is 2.33. The predicted molar refractivity (Wildman–Crippen MR) is 119 cm³/mol. The number of fused-ring (bicyclic) bond motifs is 1. The maximum atomic E-state index is 13.3. The zero-order valence-corrected chi connectivity index (χ0v) is 19.4. The Morgan fingerprint density at radius 1 is 1.09 bits per heavy atom. The van der Waals surface area contributed by atoms with Crippen LogP contribution in [0.4, 0.5) is 4.39 Å². The molecule has 1 aliphatic heterocycles. The molecule has 0 saturated carbocycles. The summed E-state index contributed by atoms with van der Waals surface area (Å²) in [6, 6.07) is 10.4. The van der Waals surface area contributed by atoms with Crippen LogP contribution in [0.25, 0.3) is 23.0 Å². The van der Waals surface area contributed by atoms with E-state index < -0.39 is 10.0 Å². The number of hydrogen-bond donors (Lipinski definition) is 0. The van der Waals surface area contributed by atoms with Crippen LogP contribution in [-0.2, 0) is 30.0 Å². The summed E-state index contributed by atoms with van der Waals surface area (Å²) in [5, 5.41) is 13.1. The van der Waals surface area contributed by atoms with Crippen molar-refractivity contribution in [3.8, 4) is 23.0 Å². The lowest BCUT2D eigenvalue weighted by atomic mass is 10.1. The van der Waals surface area contributed by atoms with Gasteiger partial charge in [-0.15, -0.1) is 10.2 Å². The van der Waals surface area contributed by atoms with E-state index in [2.05, 4.69) is 15.3 Å². The average Bonchev–Trinajstić information content (AvgIpc) is 3.41. The van der Waals surface area contributed by atoms with Crippen molar-refractivity contribution in [2.45, 2.75) is 24.8 Å². The van der Waals surface area contributed by atoms with Crippen molar-refractivity contribution in [3.05, 3.63) is 70.1 Å². The van der Waals surface area contributed by atoms with Gasteiger partial charge >= 0.3 is 0 Å². The van der Waals surface area contributed by atoms with Gasteiger partial charge in [-0.1, -0.05) is 17.7 Å². The van der Waals surface area contributed by atoms with Crippen LogP contribution >= 0.6 is 11.6 Å². The van der Waals surface area contributed by atoms with Gasteiger partial charge in [-0.25, -0.2) is 12.8 Å². The van der Waals surface area contributed by atoms with E-state index in [4.69, 9.17) is 16.0 Å². The van der Waals surface area contributed by atoms with Crippen LogP contribution in [0.1, 0.15) is 16.8 Å². The third-order valence-electron chi connectivity index (χ3n) is 5.71. The second kappa shape index (κ2) is 8.05. The summed E-state index contributed by atoms with van der Waals surface area (Å²) in [5.74, 6) is 0.0243. The Balaban J connectivity index is 1.49. The Kier molecular flexibility index (Phi) is 5.31. The van der Waals surface area contributed by atoms with Crippen molar-refractivity contribution in [3.63, 3.8) is 0 Å². The first-order valence-corrected chi connectivity index (χ1v) is 12.0. The minimum absolute atomic E-state index is 0.112. The first kappa shape index (κ1) is 21.7. The number of rotatable bonds is 4. The van der Waals surface area contributed by atoms with Crippen LogP contribution in [0.2, 0.25) is 5.02 Å². The normalized spacial score (nSPS) is 14.4. The molecule has 0 fully saturated rings. The summed E-state index contributed by atoms with van der Waals surface area (Å²) < 4.78 is 48.7. The second-order valence-electron chi connectivity index (χ2n) is 7.82. The molecule has 2 aromatic carbocycles. The number of hydrogen-bond acceptors (Lipinski definition) is 6. The minimum Gasteiger partial charge on any atom is -0.415 e. The largest absolute Gasteiger partial charge is 0.415 e. The number of nitrogens with zero attached hydrogens (tertiary/aromatic N) is 5. The van der Waals surface area contributed by atoms with Gasteiger partial charge in [0.05, 0.1) is 4.90 Å². The topological polar surface area (TPSA) is 94.1 Å². The standard InChI is InChI=1S/C22H19ClFN5O3S/c1-13-3-8-16(11-18(13)23)33(30,31)29-10-9-19-17(12-29)20(27-28(19)2)22-26-25-21(32-22)14-4-6-15(24)7-5-14/h3-8,11H,9-10,12H2,1-2H3. The Morgan fingerprint density at radius 3 is 2.55 bits per heavy atom. The average molecular weight is 488 g/mol. The molecule has 4 aromatic rings. The third-order valence-corrected chi connectivity index (χ3v) is 7.96. The molecule has 0 aliphatic carbocycles. The van der Waals surface area contributed by atoms with Gasteiger partial charge in [-0.2, -0.15) is 9.40 Å². The predicted octanol–water partition coefficient (Wildman–Crippen LogP) is 3.99. The van der Waals surface area contributed by atoms with E-state index in [1.165, 1.54) is 22.5 Å². The summed E-state index contributed by atoms with van der Waals surface area (Å²) in [6.07, 6.45) is 0.483. The molecule has 0 saturated heterocycles. The molecule has 0 amide bonds. The van der Waals surface area contributed by atoms with Crippen molar-refractivity contribution in [1.29, 1.82) is 0 Å². The van der Waals surface area contributed by atoms with E-state index in [1.807, 2.05) is 6.92 Å². The highest BCUT2D eigenvalue weighted by Gasteiger charge is 2.33. The third kappa shape index (κ3) is 3.84. The first-order chi connectivity index (χ1) is 15.7. The Morgan fingerprint density at radius 2 is 1.82 bits per heavy atom. The van der Waals surface area contributed by atoms with Crippen LogP contribution in [0.5, 0.6) is 0 Å². The summed E-state index contributed by atoms with van der Waals surface area (Å²) in [7, 11) is -1.97. The summed E-state index contributed by atoms with van der Waals surface area (Å²) >= 11 is 6.17. The maximum Gasteiger partial charge on any atom is 0.268 e. The van der Waals surface area contributed by atoms with E-state index in [1.54, 1.807) is 36.0 Å². The van der Waals surface area contributed by atoms with E-state index in [0.29, 0.717) is 34.8 Å². The second-order valence-corrected chi connectivity index (χ2v) is 10.2. The molecule has 170 valence electrons. The van der Waals surface area contributed by atoms with Gasteiger partial charge in [0.15, 0.2) is 5.69 Å². The molecule has 0 N–H and O–H groups in total. The fourth-order valence-corrected chi connectivity index (χ4v) is 5.54. The van der Waals surface area contributed by atoms with Crippen LogP contribution in [0.15, 0.2) is 51.8 Å². The highest BCUT2D eigenvalue weighted by atomic mass is 35.5. The number of aromatic nitrogens is 4. The molecule has 2 aromatic heterocycles. The van der Waals surface area contributed by atoms with Crippen molar-refractivity contribution >= 4 is 21.6 Å². The number of halogens is 2. The molecule has 0 bridgehead atoms. The van der Waals surface area contributed by atoms with Crippen LogP contribution in [0, 0.1) is 12.7 Å². The number of benzene rings is 2. The van der Waals surface area contributed by atoms with Gasteiger partial charge in [-0.3, -0.25) is 4.68 Å².